The molecule has 130 valence electrons. The molecule has 0 saturated heterocycles. The number of para-hydroxylation sites is 1. The number of hydrogen-bond donors (Lipinski definition) is 1. The largest absolute Gasteiger partial charge is 0.469 e. The number of fused-ring (bicyclic) bond motifs is 1. The zero-order valence-electron chi connectivity index (χ0n) is 13.9. The van der Waals surface area contributed by atoms with Gasteiger partial charge < -0.3 is 10.1 Å². The molecule has 0 aliphatic rings. The van der Waals surface area contributed by atoms with Gasteiger partial charge in [-0.25, -0.2) is 4.98 Å². The van der Waals surface area contributed by atoms with Crippen molar-refractivity contribution in [3.8, 4) is 9.88 Å². The molecule has 0 bridgehead atoms. The molecule has 1 atom stereocenters. The first-order valence-electron chi connectivity index (χ1n) is 7.94. The molecule has 0 saturated carbocycles. The zero-order valence-corrected chi connectivity index (χ0v) is 15.6. The van der Waals surface area contributed by atoms with Gasteiger partial charge in [-0.3, -0.25) is 9.59 Å². The molecular formula is C18H18N2O3S2. The number of ether oxygens (including phenoxy) is 1. The molecule has 7 heteroatoms. The third-order valence-corrected chi connectivity index (χ3v) is 6.09. The topological polar surface area (TPSA) is 68.3 Å². The van der Waals surface area contributed by atoms with Crippen LogP contribution < -0.4 is 5.32 Å². The molecule has 2 aromatic heterocycles. The Morgan fingerprint density at radius 1 is 1.20 bits per heavy atom. The normalized spacial score (nSPS) is 12.1. The summed E-state index contributed by atoms with van der Waals surface area (Å²) in [6, 6.07) is 11.5. The molecule has 0 aliphatic carbocycles. The van der Waals surface area contributed by atoms with Crippen LogP contribution in [0.5, 0.6) is 0 Å². The zero-order chi connectivity index (χ0) is 17.8. The average molecular weight is 374 g/mol. The second kappa shape index (κ2) is 7.76. The fourth-order valence-corrected chi connectivity index (χ4v) is 4.32. The minimum Gasteiger partial charge on any atom is -0.469 e. The Morgan fingerprint density at radius 3 is 2.72 bits per heavy atom. The summed E-state index contributed by atoms with van der Waals surface area (Å²) in [5, 5.41) is 3.80. The number of rotatable bonds is 6. The number of nitrogens with zero attached hydrogens (tertiary/aromatic N) is 1. The maximum Gasteiger partial charge on any atom is 0.307 e. The smallest absolute Gasteiger partial charge is 0.307 e. The second-order valence-electron chi connectivity index (χ2n) is 5.51. The van der Waals surface area contributed by atoms with Crippen LogP contribution in [0.4, 0.5) is 0 Å². The highest BCUT2D eigenvalue weighted by Crippen LogP contribution is 2.34. The van der Waals surface area contributed by atoms with E-state index < -0.39 is 0 Å². The average Bonchev–Trinajstić information content (AvgIpc) is 3.27. The fourth-order valence-electron chi connectivity index (χ4n) is 2.39. The van der Waals surface area contributed by atoms with Crippen molar-refractivity contribution in [1.29, 1.82) is 0 Å². The van der Waals surface area contributed by atoms with Crippen molar-refractivity contribution in [1.82, 2.24) is 10.3 Å². The third-order valence-electron chi connectivity index (χ3n) is 3.80. The standard InChI is InChI=1S/C18H18N2O3S2/c1-3-11(10-16(21)23-2)19-17(22)14-8-9-15(24-14)18-20-12-6-4-5-7-13(12)25-18/h4-9,11H,3,10H2,1-2H3,(H,19,22)/t11-/m0/s1. The first-order valence-corrected chi connectivity index (χ1v) is 9.57. The lowest BCUT2D eigenvalue weighted by Crippen LogP contribution is -2.35. The molecule has 5 nitrogen and oxygen atoms in total. The summed E-state index contributed by atoms with van der Waals surface area (Å²) in [6.07, 6.45) is 0.839. The van der Waals surface area contributed by atoms with Crippen LogP contribution in [0.2, 0.25) is 0 Å². The maximum atomic E-state index is 12.4. The van der Waals surface area contributed by atoms with Gasteiger partial charge in [-0.1, -0.05) is 19.1 Å². The van der Waals surface area contributed by atoms with Gasteiger partial charge in [0.25, 0.3) is 5.91 Å². The Morgan fingerprint density at radius 2 is 2.00 bits per heavy atom. The van der Waals surface area contributed by atoms with E-state index in [2.05, 4.69) is 15.0 Å². The van der Waals surface area contributed by atoms with Crippen molar-refractivity contribution in [3.05, 3.63) is 41.3 Å². The molecule has 0 unspecified atom stereocenters. The van der Waals surface area contributed by atoms with Crippen LogP contribution in [0.15, 0.2) is 36.4 Å². The van der Waals surface area contributed by atoms with Gasteiger partial charge >= 0.3 is 5.97 Å². The molecule has 25 heavy (non-hydrogen) atoms. The van der Waals surface area contributed by atoms with Crippen molar-refractivity contribution >= 4 is 44.8 Å². The summed E-state index contributed by atoms with van der Waals surface area (Å²) in [6.45, 7) is 1.93. The second-order valence-corrected chi connectivity index (χ2v) is 7.62. The van der Waals surface area contributed by atoms with E-state index >= 15 is 0 Å². The van der Waals surface area contributed by atoms with Crippen LogP contribution in [0.3, 0.4) is 0 Å². The highest BCUT2D eigenvalue weighted by molar-refractivity contribution is 7.26. The Kier molecular flexibility index (Phi) is 5.45. The van der Waals surface area contributed by atoms with Crippen molar-refractivity contribution in [2.24, 2.45) is 0 Å². The maximum absolute atomic E-state index is 12.4. The highest BCUT2D eigenvalue weighted by atomic mass is 32.1. The summed E-state index contributed by atoms with van der Waals surface area (Å²) in [7, 11) is 1.35. The monoisotopic (exact) mass is 374 g/mol. The number of thiophene rings is 1. The Labute approximate surface area is 153 Å². The molecular weight excluding hydrogens is 356 g/mol. The lowest BCUT2D eigenvalue weighted by molar-refractivity contribution is -0.141. The molecule has 3 rings (SSSR count). The van der Waals surface area contributed by atoms with Crippen LogP contribution in [0.25, 0.3) is 20.1 Å². The minimum atomic E-state index is -0.325. The summed E-state index contributed by atoms with van der Waals surface area (Å²) in [5.74, 6) is -0.499. The molecule has 0 spiro atoms. The van der Waals surface area contributed by atoms with Gasteiger partial charge in [-0.15, -0.1) is 22.7 Å². The summed E-state index contributed by atoms with van der Waals surface area (Å²) >= 11 is 3.02. The van der Waals surface area contributed by atoms with Crippen molar-refractivity contribution in [3.63, 3.8) is 0 Å². The number of methoxy groups -OCH3 is 1. The lowest BCUT2D eigenvalue weighted by Gasteiger charge is -2.14. The SMILES string of the molecule is CC[C@@H](CC(=O)OC)NC(=O)c1ccc(-c2nc3ccccc3s2)s1. The van der Waals surface area contributed by atoms with Crippen molar-refractivity contribution < 1.29 is 14.3 Å². The van der Waals surface area contributed by atoms with E-state index in [9.17, 15) is 9.59 Å². The number of carbonyl (C=O) groups excluding carboxylic acids is 2. The van der Waals surface area contributed by atoms with Crippen LogP contribution in [-0.4, -0.2) is 30.0 Å². The van der Waals surface area contributed by atoms with Crippen LogP contribution in [0, 0.1) is 0 Å². The Hall–Kier alpha value is -2.25. The van der Waals surface area contributed by atoms with E-state index in [4.69, 9.17) is 0 Å². The summed E-state index contributed by atoms with van der Waals surface area (Å²) in [4.78, 5) is 30.0. The predicted molar refractivity (Wildman–Crippen MR) is 101 cm³/mol. The first-order chi connectivity index (χ1) is 12.1. The molecule has 1 N–H and O–H groups in total. The van der Waals surface area contributed by atoms with Gasteiger partial charge in [0.2, 0.25) is 0 Å². The van der Waals surface area contributed by atoms with E-state index in [1.54, 1.807) is 17.4 Å². The van der Waals surface area contributed by atoms with E-state index in [-0.39, 0.29) is 24.3 Å². The fraction of sp³-hybridized carbons (Fsp3) is 0.278. The Bertz CT molecular complexity index is 868. The van der Waals surface area contributed by atoms with Gasteiger partial charge in [0.1, 0.15) is 5.01 Å². The Balaban J connectivity index is 1.73. The molecule has 0 fully saturated rings. The third kappa shape index (κ3) is 4.05. The van der Waals surface area contributed by atoms with E-state index in [1.165, 1.54) is 18.4 Å². The number of esters is 1. The van der Waals surface area contributed by atoms with Crippen molar-refractivity contribution in [2.75, 3.05) is 7.11 Å². The van der Waals surface area contributed by atoms with Gasteiger partial charge in [0, 0.05) is 6.04 Å². The van der Waals surface area contributed by atoms with Gasteiger partial charge in [-0.05, 0) is 30.7 Å². The number of hydrogen-bond acceptors (Lipinski definition) is 6. The first kappa shape index (κ1) is 17.6. The predicted octanol–water partition coefficient (Wildman–Crippen LogP) is 4.10. The molecule has 0 radical (unpaired) electrons. The number of nitrogens with one attached hydrogen (secondary N) is 1. The van der Waals surface area contributed by atoms with Gasteiger partial charge in [-0.2, -0.15) is 0 Å². The number of carbonyl (C=O) groups is 2. The quantitative estimate of drug-likeness (QED) is 0.660. The van der Waals surface area contributed by atoms with Gasteiger partial charge in [0.05, 0.1) is 33.5 Å². The number of thiazole rings is 1. The number of amides is 1. The summed E-state index contributed by atoms with van der Waals surface area (Å²) < 4.78 is 5.79. The minimum absolute atomic E-state index is 0.173. The van der Waals surface area contributed by atoms with Crippen LogP contribution >= 0.6 is 22.7 Å². The number of aromatic nitrogens is 1. The van der Waals surface area contributed by atoms with Crippen LogP contribution in [0.1, 0.15) is 29.4 Å². The molecule has 2 heterocycles. The van der Waals surface area contributed by atoms with E-state index in [0.29, 0.717) is 11.3 Å². The molecule has 1 aromatic carbocycles. The molecule has 3 aromatic rings. The van der Waals surface area contributed by atoms with E-state index in [1.807, 2.05) is 37.3 Å². The molecule has 1 amide bonds. The highest BCUT2D eigenvalue weighted by Gasteiger charge is 2.18. The molecule has 0 aliphatic heterocycles. The van der Waals surface area contributed by atoms with E-state index in [0.717, 1.165) is 20.1 Å². The van der Waals surface area contributed by atoms with Crippen molar-refractivity contribution in [2.45, 2.75) is 25.8 Å². The van der Waals surface area contributed by atoms with Crippen LogP contribution in [-0.2, 0) is 9.53 Å². The van der Waals surface area contributed by atoms with Gasteiger partial charge in [0.15, 0.2) is 0 Å². The number of benzene rings is 1. The lowest BCUT2D eigenvalue weighted by atomic mass is 10.1. The summed E-state index contributed by atoms with van der Waals surface area (Å²) in [5.41, 5.74) is 0.964.